The first-order valence-electron chi connectivity index (χ1n) is 7.84. The van der Waals surface area contributed by atoms with Crippen molar-refractivity contribution in [3.05, 3.63) is 24.3 Å². The molecule has 0 saturated carbocycles. The van der Waals surface area contributed by atoms with E-state index in [1.807, 2.05) is 45.0 Å². The Morgan fingerprint density at radius 3 is 2.13 bits per heavy atom. The second kappa shape index (κ2) is 9.71. The molecule has 0 aromatic heterocycles. The van der Waals surface area contributed by atoms with Crippen molar-refractivity contribution >= 4 is 11.8 Å². The predicted molar refractivity (Wildman–Crippen MR) is 88.6 cm³/mol. The van der Waals surface area contributed by atoms with Crippen LogP contribution in [0.4, 0.5) is 0 Å². The van der Waals surface area contributed by atoms with E-state index in [4.69, 9.17) is 9.47 Å². The van der Waals surface area contributed by atoms with E-state index in [1.165, 1.54) is 6.92 Å². The zero-order chi connectivity index (χ0) is 17.2. The van der Waals surface area contributed by atoms with Gasteiger partial charge in [0.15, 0.2) is 0 Å². The number of carbonyl (C=O) groups excluding carboxylic acids is 2. The quantitative estimate of drug-likeness (QED) is 0.679. The fourth-order valence-corrected chi connectivity index (χ4v) is 2.01. The zero-order valence-electron chi connectivity index (χ0n) is 14.2. The van der Waals surface area contributed by atoms with Gasteiger partial charge in [-0.3, -0.25) is 9.59 Å². The molecule has 0 spiro atoms. The molecule has 2 N–H and O–H groups in total. The molecule has 6 heteroatoms. The van der Waals surface area contributed by atoms with Crippen LogP contribution in [0.5, 0.6) is 11.5 Å². The van der Waals surface area contributed by atoms with Gasteiger partial charge in [0, 0.05) is 6.92 Å². The highest BCUT2D eigenvalue weighted by molar-refractivity contribution is 5.86. The maximum Gasteiger partial charge on any atom is 0.242 e. The molecule has 0 aliphatic heterocycles. The van der Waals surface area contributed by atoms with Crippen molar-refractivity contribution in [3.63, 3.8) is 0 Å². The van der Waals surface area contributed by atoms with Gasteiger partial charge in [-0.1, -0.05) is 13.8 Å². The third kappa shape index (κ3) is 7.04. The van der Waals surface area contributed by atoms with Gasteiger partial charge in [-0.2, -0.15) is 0 Å². The molecule has 0 aliphatic rings. The summed E-state index contributed by atoms with van der Waals surface area (Å²) in [4.78, 5) is 23.2. The van der Waals surface area contributed by atoms with Gasteiger partial charge >= 0.3 is 0 Å². The van der Waals surface area contributed by atoms with Crippen LogP contribution in [-0.2, 0) is 9.59 Å². The molecule has 1 rings (SSSR count). The summed E-state index contributed by atoms with van der Waals surface area (Å²) in [6.07, 6.45) is 0. The lowest BCUT2D eigenvalue weighted by atomic mass is 10.0. The molecule has 1 aromatic rings. The van der Waals surface area contributed by atoms with Crippen molar-refractivity contribution < 1.29 is 19.1 Å². The molecule has 0 aliphatic carbocycles. The summed E-state index contributed by atoms with van der Waals surface area (Å²) in [6, 6.07) is 6.78. The second-order valence-electron chi connectivity index (χ2n) is 5.47. The van der Waals surface area contributed by atoms with Crippen molar-refractivity contribution in [1.82, 2.24) is 10.6 Å². The first-order chi connectivity index (χ1) is 10.9. The van der Waals surface area contributed by atoms with Gasteiger partial charge in [0.2, 0.25) is 11.8 Å². The average Bonchev–Trinajstić information content (AvgIpc) is 2.50. The van der Waals surface area contributed by atoms with Gasteiger partial charge in [0.05, 0.1) is 13.2 Å². The minimum atomic E-state index is -0.530. The molecule has 0 heterocycles. The van der Waals surface area contributed by atoms with Gasteiger partial charge in [0.1, 0.15) is 24.1 Å². The number of hydrogen-bond donors (Lipinski definition) is 2. The van der Waals surface area contributed by atoms with Crippen molar-refractivity contribution in [2.45, 2.75) is 33.7 Å². The molecule has 0 saturated heterocycles. The molecule has 128 valence electrons. The van der Waals surface area contributed by atoms with Crippen molar-refractivity contribution in [1.29, 1.82) is 0 Å². The molecule has 2 amide bonds. The topological polar surface area (TPSA) is 76.7 Å². The van der Waals surface area contributed by atoms with Crippen molar-refractivity contribution in [2.24, 2.45) is 5.92 Å². The third-order valence-electron chi connectivity index (χ3n) is 3.11. The summed E-state index contributed by atoms with van der Waals surface area (Å²) in [5.74, 6) is 1.11. The van der Waals surface area contributed by atoms with Crippen LogP contribution in [0.15, 0.2) is 24.3 Å². The van der Waals surface area contributed by atoms with E-state index in [0.717, 1.165) is 5.75 Å². The van der Waals surface area contributed by atoms with Crippen molar-refractivity contribution in [2.75, 3.05) is 19.8 Å². The maximum absolute atomic E-state index is 12.1. The fraction of sp³-hybridized carbons (Fsp3) is 0.529. The van der Waals surface area contributed by atoms with Gasteiger partial charge in [-0.05, 0) is 37.1 Å². The molecule has 23 heavy (non-hydrogen) atoms. The standard InChI is InChI=1S/C17H26N2O4/c1-5-22-14-6-8-15(9-7-14)23-11-10-18-17(21)16(12(2)3)19-13(4)20/h6-9,12,16H,5,10-11H2,1-4H3,(H,18,21)(H,19,20)/t16-/m1/s1. The number of rotatable bonds is 9. The van der Waals surface area contributed by atoms with E-state index in [1.54, 1.807) is 0 Å². The Labute approximate surface area is 137 Å². The molecule has 1 atom stereocenters. The predicted octanol–water partition coefficient (Wildman–Crippen LogP) is 1.74. The van der Waals surface area contributed by atoms with Crippen molar-refractivity contribution in [3.8, 4) is 11.5 Å². The lowest BCUT2D eigenvalue weighted by molar-refractivity contribution is -0.129. The second-order valence-corrected chi connectivity index (χ2v) is 5.47. The van der Waals surface area contributed by atoms with E-state index in [0.29, 0.717) is 25.5 Å². The number of nitrogens with one attached hydrogen (secondary N) is 2. The fourth-order valence-electron chi connectivity index (χ4n) is 2.01. The Morgan fingerprint density at radius 2 is 1.65 bits per heavy atom. The summed E-state index contributed by atoms with van der Waals surface area (Å²) in [5, 5.41) is 5.42. The van der Waals surface area contributed by atoms with Crippen LogP contribution < -0.4 is 20.1 Å². The Hall–Kier alpha value is -2.24. The molecule has 6 nitrogen and oxygen atoms in total. The smallest absolute Gasteiger partial charge is 0.242 e. The molecule has 0 unspecified atom stereocenters. The lowest BCUT2D eigenvalue weighted by Crippen LogP contribution is -2.49. The van der Waals surface area contributed by atoms with E-state index in [2.05, 4.69) is 10.6 Å². The molecule has 0 fully saturated rings. The maximum atomic E-state index is 12.1. The third-order valence-corrected chi connectivity index (χ3v) is 3.11. The Balaban J connectivity index is 2.35. The van der Waals surface area contributed by atoms with E-state index in [-0.39, 0.29) is 17.7 Å². The van der Waals surface area contributed by atoms with Gasteiger partial charge in [-0.15, -0.1) is 0 Å². The van der Waals surface area contributed by atoms with Crippen LogP contribution in [0.1, 0.15) is 27.7 Å². The van der Waals surface area contributed by atoms with Crippen LogP contribution in [0, 0.1) is 5.92 Å². The number of amides is 2. The largest absolute Gasteiger partial charge is 0.494 e. The lowest BCUT2D eigenvalue weighted by Gasteiger charge is -2.20. The summed E-state index contributed by atoms with van der Waals surface area (Å²) >= 11 is 0. The van der Waals surface area contributed by atoms with E-state index >= 15 is 0 Å². The minimum absolute atomic E-state index is 0.0194. The van der Waals surface area contributed by atoms with E-state index in [9.17, 15) is 9.59 Å². The first kappa shape index (κ1) is 18.8. The SMILES string of the molecule is CCOc1ccc(OCCNC(=O)[C@H](NC(C)=O)C(C)C)cc1. The first-order valence-corrected chi connectivity index (χ1v) is 7.84. The van der Waals surface area contributed by atoms with Crippen LogP contribution in [0.2, 0.25) is 0 Å². The average molecular weight is 322 g/mol. The summed E-state index contributed by atoms with van der Waals surface area (Å²) in [6.45, 7) is 8.44. The number of benzene rings is 1. The van der Waals surface area contributed by atoms with Crippen LogP contribution in [-0.4, -0.2) is 37.6 Å². The van der Waals surface area contributed by atoms with Crippen LogP contribution >= 0.6 is 0 Å². The summed E-state index contributed by atoms with van der Waals surface area (Å²) in [5.41, 5.74) is 0. The molecule has 0 radical (unpaired) electrons. The Morgan fingerprint density at radius 1 is 1.09 bits per heavy atom. The van der Waals surface area contributed by atoms with Gasteiger partial charge in [0.25, 0.3) is 0 Å². The Kier molecular flexibility index (Phi) is 7.94. The number of ether oxygens (including phenoxy) is 2. The van der Waals surface area contributed by atoms with Crippen LogP contribution in [0.25, 0.3) is 0 Å². The molecule has 1 aromatic carbocycles. The summed E-state index contributed by atoms with van der Waals surface area (Å²) in [7, 11) is 0. The summed E-state index contributed by atoms with van der Waals surface area (Å²) < 4.78 is 10.9. The molecular formula is C17H26N2O4. The Bertz CT molecular complexity index is 500. The van der Waals surface area contributed by atoms with Gasteiger partial charge < -0.3 is 20.1 Å². The normalized spacial score (nSPS) is 11.7. The minimum Gasteiger partial charge on any atom is -0.494 e. The van der Waals surface area contributed by atoms with Crippen LogP contribution in [0.3, 0.4) is 0 Å². The number of hydrogen-bond acceptors (Lipinski definition) is 4. The van der Waals surface area contributed by atoms with Gasteiger partial charge in [-0.25, -0.2) is 0 Å². The highest BCUT2D eigenvalue weighted by Crippen LogP contribution is 2.17. The zero-order valence-corrected chi connectivity index (χ0v) is 14.2. The highest BCUT2D eigenvalue weighted by Gasteiger charge is 2.22. The monoisotopic (exact) mass is 322 g/mol. The molecule has 0 bridgehead atoms. The highest BCUT2D eigenvalue weighted by atomic mass is 16.5. The number of carbonyl (C=O) groups is 2. The van der Waals surface area contributed by atoms with E-state index < -0.39 is 6.04 Å². The molecular weight excluding hydrogens is 296 g/mol.